The molecule has 0 aliphatic rings. The number of rotatable bonds is 8. The first-order valence-corrected chi connectivity index (χ1v) is 11.8. The Balaban J connectivity index is 1.45. The second-order valence-electron chi connectivity index (χ2n) is 6.66. The average Bonchev–Trinajstić information content (AvgIpc) is 3.46. The number of thioether (sulfide) groups is 1. The number of carbonyl (C=O) groups is 2. The lowest BCUT2D eigenvalue weighted by atomic mass is 10.0. The molecule has 0 radical (unpaired) electrons. The number of amides is 1. The molecule has 0 fully saturated rings. The van der Waals surface area contributed by atoms with E-state index in [0.717, 1.165) is 17.3 Å². The van der Waals surface area contributed by atoms with E-state index >= 15 is 0 Å². The van der Waals surface area contributed by atoms with Crippen LogP contribution in [-0.2, 0) is 9.53 Å². The van der Waals surface area contributed by atoms with Gasteiger partial charge in [0.25, 0.3) is 5.22 Å². The normalized spacial score (nSPS) is 10.7. The second-order valence-corrected chi connectivity index (χ2v) is 8.47. The molecule has 4 rings (SSSR count). The van der Waals surface area contributed by atoms with E-state index in [4.69, 9.17) is 9.15 Å². The summed E-state index contributed by atoms with van der Waals surface area (Å²) in [5, 5.41) is 12.9. The van der Waals surface area contributed by atoms with E-state index in [1.807, 2.05) is 35.7 Å². The quantitative estimate of drug-likeness (QED) is 0.261. The van der Waals surface area contributed by atoms with Crippen LogP contribution in [0, 0.1) is 5.82 Å². The first-order valence-electron chi connectivity index (χ1n) is 9.91. The predicted octanol–water partition coefficient (Wildman–Crippen LogP) is 5.51. The lowest BCUT2D eigenvalue weighted by molar-refractivity contribution is -0.113. The van der Waals surface area contributed by atoms with Crippen LogP contribution < -0.4 is 5.32 Å². The molecule has 0 unspecified atom stereocenters. The summed E-state index contributed by atoms with van der Waals surface area (Å²) in [5.41, 5.74) is 2.31. The van der Waals surface area contributed by atoms with E-state index in [2.05, 4.69) is 15.5 Å². The van der Waals surface area contributed by atoms with E-state index in [9.17, 15) is 14.0 Å². The third-order valence-electron chi connectivity index (χ3n) is 4.41. The van der Waals surface area contributed by atoms with Crippen LogP contribution in [0.15, 0.2) is 69.6 Å². The molecule has 0 saturated carbocycles. The molecule has 7 nitrogen and oxygen atoms in total. The lowest BCUT2D eigenvalue weighted by Crippen LogP contribution is -2.16. The van der Waals surface area contributed by atoms with Crippen molar-refractivity contribution >= 4 is 40.0 Å². The SMILES string of the molecule is CCOC(=O)c1c(-c2ccccc2)csc1NC(=O)CSc1nnc(-c2cccc(F)c2)o1. The van der Waals surface area contributed by atoms with E-state index in [0.29, 0.717) is 21.7 Å². The minimum atomic E-state index is -0.503. The zero-order chi connectivity index (χ0) is 23.2. The highest BCUT2D eigenvalue weighted by atomic mass is 32.2. The van der Waals surface area contributed by atoms with Crippen LogP contribution in [0.1, 0.15) is 17.3 Å². The molecule has 2 aromatic carbocycles. The van der Waals surface area contributed by atoms with Gasteiger partial charge in [0.05, 0.1) is 12.4 Å². The maximum Gasteiger partial charge on any atom is 0.341 e. The summed E-state index contributed by atoms with van der Waals surface area (Å²) in [6.45, 7) is 1.95. The van der Waals surface area contributed by atoms with Crippen LogP contribution in [0.5, 0.6) is 0 Å². The number of hydrogen-bond acceptors (Lipinski definition) is 8. The van der Waals surface area contributed by atoms with E-state index in [1.54, 1.807) is 19.1 Å². The Hall–Kier alpha value is -3.50. The van der Waals surface area contributed by atoms with Gasteiger partial charge in [-0.25, -0.2) is 9.18 Å². The third kappa shape index (κ3) is 5.47. The van der Waals surface area contributed by atoms with Crippen molar-refractivity contribution in [2.75, 3.05) is 17.7 Å². The lowest BCUT2D eigenvalue weighted by Gasteiger charge is -2.08. The van der Waals surface area contributed by atoms with Crippen molar-refractivity contribution in [3.8, 4) is 22.6 Å². The zero-order valence-electron chi connectivity index (χ0n) is 17.4. The standard InChI is InChI=1S/C23H18FN3O4S2/c1-2-30-22(29)19-17(14-7-4-3-5-8-14)12-32-21(19)25-18(28)13-33-23-27-26-20(31-23)15-9-6-10-16(24)11-15/h3-12H,2,13H2,1H3,(H,25,28). The van der Waals surface area contributed by atoms with Gasteiger partial charge in [0, 0.05) is 16.5 Å². The number of ether oxygens (including phenoxy) is 1. The molecule has 0 spiro atoms. The van der Waals surface area contributed by atoms with Gasteiger partial charge in [0.1, 0.15) is 16.4 Å². The molecule has 4 aromatic rings. The Labute approximate surface area is 197 Å². The molecule has 10 heteroatoms. The Morgan fingerprint density at radius 2 is 1.91 bits per heavy atom. The molecule has 0 bridgehead atoms. The monoisotopic (exact) mass is 483 g/mol. The summed E-state index contributed by atoms with van der Waals surface area (Å²) in [5.74, 6) is -1.13. The fourth-order valence-corrected chi connectivity index (χ4v) is 4.52. The third-order valence-corrected chi connectivity index (χ3v) is 6.13. The van der Waals surface area contributed by atoms with Gasteiger partial charge in [0.2, 0.25) is 11.8 Å². The number of aromatic nitrogens is 2. The Bertz CT molecular complexity index is 1270. The summed E-state index contributed by atoms with van der Waals surface area (Å²) in [6, 6.07) is 15.2. The summed E-state index contributed by atoms with van der Waals surface area (Å²) in [6.07, 6.45) is 0. The number of hydrogen-bond donors (Lipinski definition) is 1. The smallest absolute Gasteiger partial charge is 0.341 e. The zero-order valence-corrected chi connectivity index (χ0v) is 19.0. The number of anilines is 1. The number of halogens is 1. The maximum atomic E-state index is 13.4. The van der Waals surface area contributed by atoms with Gasteiger partial charge < -0.3 is 14.5 Å². The molecular formula is C23H18FN3O4S2. The predicted molar refractivity (Wildman–Crippen MR) is 125 cm³/mol. The highest BCUT2D eigenvalue weighted by molar-refractivity contribution is 7.99. The van der Waals surface area contributed by atoms with Gasteiger partial charge in [-0.15, -0.1) is 21.5 Å². The molecule has 2 aromatic heterocycles. The van der Waals surface area contributed by atoms with Crippen molar-refractivity contribution in [2.24, 2.45) is 0 Å². The Morgan fingerprint density at radius 1 is 1.12 bits per heavy atom. The van der Waals surface area contributed by atoms with E-state index in [-0.39, 0.29) is 29.4 Å². The fraction of sp³-hybridized carbons (Fsp3) is 0.130. The fourth-order valence-electron chi connectivity index (χ4n) is 2.98. The van der Waals surface area contributed by atoms with Crippen LogP contribution in [0.3, 0.4) is 0 Å². The molecule has 2 heterocycles. The Kier molecular flexibility index (Phi) is 7.16. The minimum absolute atomic E-state index is 0.0222. The molecule has 1 amide bonds. The number of nitrogens with zero attached hydrogens (tertiary/aromatic N) is 2. The summed E-state index contributed by atoms with van der Waals surface area (Å²) in [7, 11) is 0. The second kappa shape index (κ2) is 10.4. The average molecular weight is 484 g/mol. The van der Waals surface area contributed by atoms with Crippen LogP contribution in [0.4, 0.5) is 9.39 Å². The molecule has 1 N–H and O–H groups in total. The number of esters is 1. The summed E-state index contributed by atoms with van der Waals surface area (Å²) >= 11 is 2.29. The molecule has 0 aliphatic heterocycles. The molecule has 0 atom stereocenters. The largest absolute Gasteiger partial charge is 0.462 e. The molecule has 168 valence electrons. The number of nitrogens with one attached hydrogen (secondary N) is 1. The summed E-state index contributed by atoms with van der Waals surface area (Å²) < 4.78 is 24.1. The highest BCUT2D eigenvalue weighted by Crippen LogP contribution is 2.36. The van der Waals surface area contributed by atoms with Crippen molar-refractivity contribution in [1.29, 1.82) is 0 Å². The number of benzene rings is 2. The molecular weight excluding hydrogens is 465 g/mol. The Morgan fingerprint density at radius 3 is 2.67 bits per heavy atom. The van der Waals surface area contributed by atoms with E-state index < -0.39 is 11.8 Å². The first-order chi connectivity index (χ1) is 16.0. The van der Waals surface area contributed by atoms with Gasteiger partial charge in [-0.1, -0.05) is 48.2 Å². The van der Waals surface area contributed by atoms with Gasteiger partial charge in [0.15, 0.2) is 0 Å². The van der Waals surface area contributed by atoms with Crippen molar-refractivity contribution in [3.05, 3.63) is 71.4 Å². The minimum Gasteiger partial charge on any atom is -0.462 e. The topological polar surface area (TPSA) is 94.3 Å². The van der Waals surface area contributed by atoms with Crippen LogP contribution in [0.2, 0.25) is 0 Å². The first kappa shape index (κ1) is 22.7. The molecule has 0 aliphatic carbocycles. The maximum absolute atomic E-state index is 13.4. The van der Waals surface area contributed by atoms with Crippen molar-refractivity contribution in [1.82, 2.24) is 10.2 Å². The van der Waals surface area contributed by atoms with E-state index in [1.165, 1.54) is 23.5 Å². The van der Waals surface area contributed by atoms with Crippen LogP contribution in [-0.4, -0.2) is 34.4 Å². The number of carbonyl (C=O) groups excluding carboxylic acids is 2. The summed E-state index contributed by atoms with van der Waals surface area (Å²) in [4.78, 5) is 25.2. The van der Waals surface area contributed by atoms with Crippen LogP contribution >= 0.6 is 23.1 Å². The number of thiophene rings is 1. The van der Waals surface area contributed by atoms with Crippen molar-refractivity contribution < 1.29 is 23.1 Å². The van der Waals surface area contributed by atoms with Gasteiger partial charge >= 0.3 is 5.97 Å². The van der Waals surface area contributed by atoms with Crippen molar-refractivity contribution in [3.63, 3.8) is 0 Å². The molecule has 33 heavy (non-hydrogen) atoms. The van der Waals surface area contributed by atoms with Crippen molar-refractivity contribution in [2.45, 2.75) is 12.1 Å². The van der Waals surface area contributed by atoms with Gasteiger partial charge in [-0.05, 0) is 30.7 Å². The van der Waals surface area contributed by atoms with Crippen LogP contribution in [0.25, 0.3) is 22.6 Å². The van der Waals surface area contributed by atoms with Gasteiger partial charge in [-0.2, -0.15) is 0 Å². The van der Waals surface area contributed by atoms with Gasteiger partial charge in [-0.3, -0.25) is 4.79 Å². The molecule has 0 saturated heterocycles. The highest BCUT2D eigenvalue weighted by Gasteiger charge is 2.23.